The molecule has 128 valence electrons. The molecule has 2 rings (SSSR count). The number of carbonyl (C=O) groups is 2. The lowest BCUT2D eigenvalue weighted by Gasteiger charge is -2.33. The zero-order chi connectivity index (χ0) is 16.9. The van der Waals surface area contributed by atoms with Crippen molar-refractivity contribution in [2.24, 2.45) is 5.73 Å². The van der Waals surface area contributed by atoms with Gasteiger partial charge in [0, 0.05) is 12.0 Å². The predicted octanol–water partition coefficient (Wildman–Crippen LogP) is 0.362. The van der Waals surface area contributed by atoms with Gasteiger partial charge in [0.1, 0.15) is 0 Å². The number of nitrogens with two attached hydrogens (primary N) is 1. The number of carbonyl (C=O) groups excluding carboxylic acids is 1. The number of hydrogen-bond donors (Lipinski definition) is 4. The van der Waals surface area contributed by atoms with Gasteiger partial charge in [-0.15, -0.1) is 0 Å². The molecule has 1 heterocycles. The molecule has 0 spiro atoms. The maximum absolute atomic E-state index is 12.2. The second-order valence-electron chi connectivity index (χ2n) is 6.60. The Bertz CT molecular complexity index is 465. The summed E-state index contributed by atoms with van der Waals surface area (Å²) in [5.74, 6) is -1.80. The third-order valence-electron chi connectivity index (χ3n) is 4.48. The van der Waals surface area contributed by atoms with Crippen LogP contribution < -0.4 is 11.1 Å². The Morgan fingerprint density at radius 3 is 2.70 bits per heavy atom. The number of rotatable bonds is 5. The van der Waals surface area contributed by atoms with Gasteiger partial charge in [0.25, 0.3) is 0 Å². The van der Waals surface area contributed by atoms with Crippen LogP contribution in [0.2, 0.25) is 0 Å². The average Bonchev–Trinajstić information content (AvgIpc) is 2.60. The van der Waals surface area contributed by atoms with E-state index in [2.05, 4.69) is 5.32 Å². The zero-order valence-electron chi connectivity index (χ0n) is 13.2. The molecule has 1 saturated carbocycles. The number of amides is 1. The van der Waals surface area contributed by atoms with Crippen molar-refractivity contribution in [1.82, 2.24) is 5.32 Å². The first-order valence-electron chi connectivity index (χ1n) is 8.18. The van der Waals surface area contributed by atoms with Crippen molar-refractivity contribution in [3.05, 3.63) is 12.2 Å². The van der Waals surface area contributed by atoms with E-state index in [4.69, 9.17) is 15.5 Å². The number of hydrogen-bond acceptors (Lipinski definition) is 5. The largest absolute Gasteiger partial charge is 0.481 e. The van der Waals surface area contributed by atoms with Gasteiger partial charge in [-0.25, -0.2) is 0 Å². The summed E-state index contributed by atoms with van der Waals surface area (Å²) in [7, 11) is -1.24. The number of nitrogens with one attached hydrogen (secondary N) is 1. The highest BCUT2D eigenvalue weighted by atomic mass is 16.5. The van der Waals surface area contributed by atoms with Gasteiger partial charge < -0.3 is 25.8 Å². The van der Waals surface area contributed by atoms with E-state index in [9.17, 15) is 14.6 Å². The van der Waals surface area contributed by atoms with Crippen LogP contribution in [0.25, 0.3) is 0 Å². The summed E-state index contributed by atoms with van der Waals surface area (Å²) < 4.78 is 5.29. The molecular weight excluding hydrogens is 299 g/mol. The first kappa shape index (κ1) is 18.0. The highest BCUT2D eigenvalue weighted by molar-refractivity contribution is 6.45. The maximum atomic E-state index is 12.2. The Kier molecular flexibility index (Phi) is 6.21. The normalized spacial score (nSPS) is 27.3. The van der Waals surface area contributed by atoms with Gasteiger partial charge in [-0.3, -0.25) is 9.59 Å². The first-order valence-corrected chi connectivity index (χ1v) is 8.18. The molecule has 0 radical (unpaired) electrons. The third kappa shape index (κ3) is 5.64. The number of carboxylic acids is 1. The molecule has 8 heteroatoms. The van der Waals surface area contributed by atoms with Crippen molar-refractivity contribution < 1.29 is 24.4 Å². The standard InChI is InChI=1S/C15H25BN2O5/c17-15(7-2-1-3-8-15)10-13(19)18-12-6-4-5-11(9-14(20)21)23-16(12)22/h4-5,11-12,22H,1-3,6-10,17H2,(H,18,19)(H,20,21). The minimum Gasteiger partial charge on any atom is -0.481 e. The van der Waals surface area contributed by atoms with Crippen LogP contribution in [-0.4, -0.2) is 46.7 Å². The van der Waals surface area contributed by atoms with E-state index in [1.165, 1.54) is 0 Å². The zero-order valence-corrected chi connectivity index (χ0v) is 13.2. The average molecular weight is 324 g/mol. The summed E-state index contributed by atoms with van der Waals surface area (Å²) in [6.45, 7) is 0. The topological polar surface area (TPSA) is 122 Å². The summed E-state index contributed by atoms with van der Waals surface area (Å²) in [6, 6.07) is 0. The molecule has 1 fully saturated rings. The SMILES string of the molecule is NC1(CC(=O)NC2CC=CC(CC(=O)O)OB2O)CCCCC1. The van der Waals surface area contributed by atoms with Crippen molar-refractivity contribution in [2.75, 3.05) is 0 Å². The van der Waals surface area contributed by atoms with Crippen LogP contribution in [-0.2, 0) is 14.2 Å². The molecule has 0 saturated heterocycles. The lowest BCUT2D eigenvalue weighted by atomic mass is 9.76. The molecule has 2 aliphatic rings. The second-order valence-corrected chi connectivity index (χ2v) is 6.60. The molecule has 1 aliphatic heterocycles. The van der Waals surface area contributed by atoms with E-state index >= 15 is 0 Å². The molecule has 1 amide bonds. The fourth-order valence-corrected chi connectivity index (χ4v) is 3.24. The van der Waals surface area contributed by atoms with E-state index in [0.29, 0.717) is 6.42 Å². The van der Waals surface area contributed by atoms with Gasteiger partial charge in [0.05, 0.1) is 18.5 Å². The van der Waals surface area contributed by atoms with Gasteiger partial charge in [0.15, 0.2) is 0 Å². The number of aliphatic carboxylic acids is 1. The quantitative estimate of drug-likeness (QED) is 0.428. The Labute approximate surface area is 136 Å². The summed E-state index contributed by atoms with van der Waals surface area (Å²) in [4.78, 5) is 22.9. The van der Waals surface area contributed by atoms with Gasteiger partial charge in [-0.2, -0.15) is 0 Å². The molecule has 2 atom stereocenters. The van der Waals surface area contributed by atoms with Gasteiger partial charge in [-0.1, -0.05) is 31.4 Å². The minimum absolute atomic E-state index is 0.202. The fourth-order valence-electron chi connectivity index (χ4n) is 3.24. The van der Waals surface area contributed by atoms with Crippen molar-refractivity contribution in [3.63, 3.8) is 0 Å². The predicted molar refractivity (Wildman–Crippen MR) is 85.4 cm³/mol. The smallest absolute Gasteiger partial charge is 0.478 e. The minimum atomic E-state index is -1.24. The van der Waals surface area contributed by atoms with E-state index in [1.54, 1.807) is 12.2 Å². The summed E-state index contributed by atoms with van der Waals surface area (Å²) in [6.07, 6.45) is 7.96. The molecule has 0 bridgehead atoms. The Morgan fingerprint density at radius 2 is 2.04 bits per heavy atom. The maximum Gasteiger partial charge on any atom is 0.478 e. The van der Waals surface area contributed by atoms with Crippen molar-refractivity contribution in [2.45, 2.75) is 69.0 Å². The molecule has 2 unspecified atom stereocenters. The summed E-state index contributed by atoms with van der Waals surface area (Å²) >= 11 is 0. The van der Waals surface area contributed by atoms with Crippen LogP contribution in [0.4, 0.5) is 0 Å². The van der Waals surface area contributed by atoms with Gasteiger partial charge >= 0.3 is 13.1 Å². The van der Waals surface area contributed by atoms with E-state index in [1.807, 2.05) is 0 Å². The summed E-state index contributed by atoms with van der Waals surface area (Å²) in [5.41, 5.74) is 5.82. The van der Waals surface area contributed by atoms with Crippen molar-refractivity contribution in [1.29, 1.82) is 0 Å². The molecule has 0 aromatic heterocycles. The third-order valence-corrected chi connectivity index (χ3v) is 4.48. The Hall–Kier alpha value is -1.38. The first-order chi connectivity index (χ1) is 10.9. The molecule has 1 aliphatic carbocycles. The lowest BCUT2D eigenvalue weighted by Crippen LogP contribution is -2.52. The van der Waals surface area contributed by atoms with Crippen molar-refractivity contribution in [3.8, 4) is 0 Å². The lowest BCUT2D eigenvalue weighted by molar-refractivity contribution is -0.138. The van der Waals surface area contributed by atoms with Gasteiger partial charge in [0.2, 0.25) is 5.91 Å². The highest BCUT2D eigenvalue weighted by Crippen LogP contribution is 2.28. The van der Waals surface area contributed by atoms with E-state index in [-0.39, 0.29) is 18.7 Å². The summed E-state index contributed by atoms with van der Waals surface area (Å²) in [5, 5.41) is 21.6. The van der Waals surface area contributed by atoms with Crippen LogP contribution in [0.5, 0.6) is 0 Å². The molecule has 23 heavy (non-hydrogen) atoms. The van der Waals surface area contributed by atoms with Crippen LogP contribution in [0, 0.1) is 0 Å². The van der Waals surface area contributed by atoms with Crippen LogP contribution in [0.1, 0.15) is 51.4 Å². The molecule has 5 N–H and O–H groups in total. The van der Waals surface area contributed by atoms with E-state index < -0.39 is 30.7 Å². The monoisotopic (exact) mass is 324 g/mol. The second kappa shape index (κ2) is 7.94. The van der Waals surface area contributed by atoms with Gasteiger partial charge in [-0.05, 0) is 19.3 Å². The fraction of sp³-hybridized carbons (Fsp3) is 0.733. The van der Waals surface area contributed by atoms with Crippen LogP contribution in [0.3, 0.4) is 0 Å². The Balaban J connectivity index is 1.85. The van der Waals surface area contributed by atoms with E-state index in [0.717, 1.165) is 32.1 Å². The molecule has 0 aromatic rings. The molecule has 7 nitrogen and oxygen atoms in total. The molecule has 0 aromatic carbocycles. The van der Waals surface area contributed by atoms with Crippen LogP contribution in [0.15, 0.2) is 12.2 Å². The van der Waals surface area contributed by atoms with Crippen LogP contribution >= 0.6 is 0 Å². The van der Waals surface area contributed by atoms with Crippen molar-refractivity contribution >= 4 is 19.0 Å². The highest BCUT2D eigenvalue weighted by Gasteiger charge is 2.35. The molecular formula is C15H25BN2O5. The Morgan fingerprint density at radius 1 is 1.35 bits per heavy atom. The number of carboxylic acid groups (broad SMARTS) is 1.